The number of carbonyl (C=O) groups is 2. The minimum atomic E-state index is -0.336. The summed E-state index contributed by atoms with van der Waals surface area (Å²) in [7, 11) is 0. The number of para-hydroxylation sites is 1. The lowest BCUT2D eigenvalue weighted by atomic mass is 10.1. The second-order valence-electron chi connectivity index (χ2n) is 4.09. The minimum Gasteiger partial charge on any atom is -0.293 e. The van der Waals surface area contributed by atoms with Crippen LogP contribution in [0.3, 0.4) is 0 Å². The molecule has 1 unspecified atom stereocenters. The molecule has 0 bridgehead atoms. The van der Waals surface area contributed by atoms with E-state index in [2.05, 4.69) is 5.32 Å². The molecule has 0 saturated carbocycles. The number of hydrogen-bond acceptors (Lipinski definition) is 2. The third kappa shape index (κ3) is 1.78. The Labute approximate surface area is 94.2 Å². The Morgan fingerprint density at radius 3 is 2.69 bits per heavy atom. The monoisotopic (exact) mass is 218 g/mol. The van der Waals surface area contributed by atoms with Gasteiger partial charge in [-0.25, -0.2) is 4.79 Å². The van der Waals surface area contributed by atoms with Crippen LogP contribution in [0.2, 0.25) is 0 Å². The molecule has 2 rings (SSSR count). The maximum absolute atomic E-state index is 11.7. The van der Waals surface area contributed by atoms with Crippen molar-refractivity contribution in [1.82, 2.24) is 5.32 Å². The fourth-order valence-corrected chi connectivity index (χ4v) is 1.81. The van der Waals surface area contributed by atoms with E-state index in [1.165, 1.54) is 0 Å². The fraction of sp³-hybridized carbons (Fsp3) is 0.333. The van der Waals surface area contributed by atoms with E-state index in [1.54, 1.807) is 4.90 Å². The highest BCUT2D eigenvalue weighted by Gasteiger charge is 2.30. The zero-order chi connectivity index (χ0) is 11.7. The van der Waals surface area contributed by atoms with Crippen molar-refractivity contribution in [2.45, 2.75) is 13.8 Å². The topological polar surface area (TPSA) is 49.4 Å². The van der Waals surface area contributed by atoms with Crippen LogP contribution in [0, 0.1) is 12.8 Å². The van der Waals surface area contributed by atoms with E-state index >= 15 is 0 Å². The molecule has 1 aliphatic heterocycles. The van der Waals surface area contributed by atoms with Crippen LogP contribution in [0.15, 0.2) is 24.3 Å². The number of urea groups is 1. The van der Waals surface area contributed by atoms with Crippen molar-refractivity contribution < 1.29 is 9.59 Å². The van der Waals surface area contributed by atoms with Gasteiger partial charge in [-0.05, 0) is 18.6 Å². The van der Waals surface area contributed by atoms with Gasteiger partial charge in [-0.2, -0.15) is 0 Å². The van der Waals surface area contributed by atoms with E-state index in [-0.39, 0.29) is 17.9 Å². The van der Waals surface area contributed by atoms with Gasteiger partial charge in [-0.15, -0.1) is 0 Å². The summed E-state index contributed by atoms with van der Waals surface area (Å²) >= 11 is 0. The molecule has 1 N–H and O–H groups in total. The summed E-state index contributed by atoms with van der Waals surface area (Å²) in [6.45, 7) is 4.20. The number of carbonyl (C=O) groups excluding carboxylic acids is 2. The first-order chi connectivity index (χ1) is 7.59. The predicted molar refractivity (Wildman–Crippen MR) is 61.2 cm³/mol. The highest BCUT2D eigenvalue weighted by atomic mass is 16.2. The van der Waals surface area contributed by atoms with E-state index in [9.17, 15) is 9.59 Å². The molecule has 0 aliphatic carbocycles. The molecule has 16 heavy (non-hydrogen) atoms. The summed E-state index contributed by atoms with van der Waals surface area (Å²) in [5.74, 6) is -0.368. The molecule has 0 aromatic heterocycles. The van der Waals surface area contributed by atoms with Crippen LogP contribution >= 0.6 is 0 Å². The maximum atomic E-state index is 11.7. The second-order valence-corrected chi connectivity index (χ2v) is 4.09. The first-order valence-electron chi connectivity index (χ1n) is 5.27. The first-order valence-corrected chi connectivity index (χ1v) is 5.27. The van der Waals surface area contributed by atoms with Crippen molar-refractivity contribution in [3.63, 3.8) is 0 Å². The Balaban J connectivity index is 2.31. The summed E-state index contributed by atoms with van der Waals surface area (Å²) < 4.78 is 0. The molecule has 4 nitrogen and oxygen atoms in total. The largest absolute Gasteiger partial charge is 0.328 e. The molecule has 4 heteroatoms. The Kier molecular flexibility index (Phi) is 2.64. The quantitative estimate of drug-likeness (QED) is 0.779. The average Bonchev–Trinajstić information content (AvgIpc) is 2.25. The lowest BCUT2D eigenvalue weighted by molar-refractivity contribution is -0.123. The first kappa shape index (κ1) is 10.7. The van der Waals surface area contributed by atoms with Crippen LogP contribution in [0.25, 0.3) is 0 Å². The van der Waals surface area contributed by atoms with Crippen LogP contribution in [0.5, 0.6) is 0 Å². The maximum Gasteiger partial charge on any atom is 0.328 e. The van der Waals surface area contributed by atoms with Gasteiger partial charge >= 0.3 is 6.03 Å². The SMILES string of the molecule is Cc1ccccc1N1CC(C)C(=O)NC1=O. The number of hydrogen-bond donors (Lipinski definition) is 1. The lowest BCUT2D eigenvalue weighted by Gasteiger charge is -2.31. The van der Waals surface area contributed by atoms with Crippen LogP contribution in [0.4, 0.5) is 10.5 Å². The number of benzene rings is 1. The summed E-state index contributed by atoms with van der Waals surface area (Å²) in [6, 6.07) is 7.31. The summed E-state index contributed by atoms with van der Waals surface area (Å²) in [6.07, 6.45) is 0. The van der Waals surface area contributed by atoms with Crippen molar-refractivity contribution in [1.29, 1.82) is 0 Å². The average molecular weight is 218 g/mol. The molecule has 1 aliphatic rings. The predicted octanol–water partition coefficient (Wildman–Crippen LogP) is 1.69. The van der Waals surface area contributed by atoms with Gasteiger partial charge in [0.2, 0.25) is 5.91 Å². The van der Waals surface area contributed by atoms with E-state index in [1.807, 2.05) is 38.1 Å². The van der Waals surface area contributed by atoms with Crippen molar-refractivity contribution in [2.24, 2.45) is 5.92 Å². The van der Waals surface area contributed by atoms with Crippen molar-refractivity contribution in [3.05, 3.63) is 29.8 Å². The van der Waals surface area contributed by atoms with Gasteiger partial charge in [0.05, 0.1) is 5.92 Å². The lowest BCUT2D eigenvalue weighted by Crippen LogP contribution is -2.54. The third-order valence-corrected chi connectivity index (χ3v) is 2.79. The van der Waals surface area contributed by atoms with E-state index < -0.39 is 0 Å². The van der Waals surface area contributed by atoms with Gasteiger partial charge in [0.25, 0.3) is 0 Å². The summed E-state index contributed by atoms with van der Waals surface area (Å²) in [5.41, 5.74) is 1.89. The van der Waals surface area contributed by atoms with Gasteiger partial charge in [0.15, 0.2) is 0 Å². The van der Waals surface area contributed by atoms with Gasteiger partial charge in [-0.1, -0.05) is 25.1 Å². The van der Waals surface area contributed by atoms with E-state index in [4.69, 9.17) is 0 Å². The van der Waals surface area contributed by atoms with E-state index in [0.29, 0.717) is 6.54 Å². The molecular weight excluding hydrogens is 204 g/mol. The van der Waals surface area contributed by atoms with Crippen LogP contribution in [-0.2, 0) is 4.79 Å². The zero-order valence-corrected chi connectivity index (χ0v) is 9.36. The number of anilines is 1. The van der Waals surface area contributed by atoms with Gasteiger partial charge in [0.1, 0.15) is 0 Å². The third-order valence-electron chi connectivity index (χ3n) is 2.79. The second kappa shape index (κ2) is 3.96. The smallest absolute Gasteiger partial charge is 0.293 e. The van der Waals surface area contributed by atoms with E-state index in [0.717, 1.165) is 11.3 Å². The molecule has 0 spiro atoms. The molecule has 1 aromatic carbocycles. The van der Waals surface area contributed by atoms with Gasteiger partial charge in [-0.3, -0.25) is 15.0 Å². The summed E-state index contributed by atoms with van der Waals surface area (Å²) in [4.78, 5) is 24.6. The van der Waals surface area contributed by atoms with Crippen molar-refractivity contribution in [3.8, 4) is 0 Å². The van der Waals surface area contributed by atoms with Crippen LogP contribution < -0.4 is 10.2 Å². The molecule has 1 aromatic rings. The van der Waals surface area contributed by atoms with Gasteiger partial charge in [0, 0.05) is 12.2 Å². The molecule has 3 amide bonds. The highest BCUT2D eigenvalue weighted by Crippen LogP contribution is 2.22. The Morgan fingerprint density at radius 1 is 1.31 bits per heavy atom. The number of nitrogens with zero attached hydrogens (tertiary/aromatic N) is 1. The minimum absolute atomic E-state index is 0.169. The normalized spacial score (nSPS) is 20.9. The molecule has 0 radical (unpaired) electrons. The molecule has 1 fully saturated rings. The molecule has 84 valence electrons. The number of imide groups is 1. The van der Waals surface area contributed by atoms with Crippen molar-refractivity contribution >= 4 is 17.6 Å². The Bertz CT molecular complexity index is 442. The van der Waals surface area contributed by atoms with Gasteiger partial charge < -0.3 is 0 Å². The fourth-order valence-electron chi connectivity index (χ4n) is 1.81. The van der Waals surface area contributed by atoms with Crippen molar-refractivity contribution in [2.75, 3.05) is 11.4 Å². The molecule has 1 saturated heterocycles. The van der Waals surface area contributed by atoms with Crippen LogP contribution in [0.1, 0.15) is 12.5 Å². The van der Waals surface area contributed by atoms with Crippen LogP contribution in [-0.4, -0.2) is 18.5 Å². The molecule has 1 heterocycles. The zero-order valence-electron chi connectivity index (χ0n) is 9.36. The highest BCUT2D eigenvalue weighted by molar-refractivity contribution is 6.06. The number of rotatable bonds is 1. The molecular formula is C12H14N2O2. The summed E-state index contributed by atoms with van der Waals surface area (Å²) in [5, 5.41) is 2.35. The number of aryl methyl sites for hydroxylation is 1. The Hall–Kier alpha value is -1.84. The Morgan fingerprint density at radius 2 is 2.00 bits per heavy atom. The number of nitrogens with one attached hydrogen (secondary N) is 1. The number of amides is 3. The standard InChI is InChI=1S/C12H14N2O2/c1-8-5-3-4-6-10(8)14-7-9(2)11(15)13-12(14)16/h3-6,9H,7H2,1-2H3,(H,13,15,16). The molecule has 1 atom stereocenters.